The van der Waals surface area contributed by atoms with Gasteiger partial charge in [0.05, 0.1) is 6.54 Å². The van der Waals surface area contributed by atoms with E-state index in [4.69, 9.17) is 0 Å². The maximum Gasteiger partial charge on any atom is 0.273 e. The highest BCUT2D eigenvalue weighted by Gasteiger charge is 2.48. The Balaban J connectivity index is 1.44. The number of hydrogen-bond donors (Lipinski definition) is 2. The summed E-state index contributed by atoms with van der Waals surface area (Å²) in [7, 11) is 0. The highest BCUT2D eigenvalue weighted by molar-refractivity contribution is 14.1. The Morgan fingerprint density at radius 1 is 1.18 bits per heavy atom. The molecule has 1 aromatic heterocycles. The van der Waals surface area contributed by atoms with Crippen LogP contribution in [0, 0.1) is 0 Å². The zero-order chi connectivity index (χ0) is 24.3. The molecule has 9 heteroatoms. The molecule has 4 rings (SSSR count). The minimum atomic E-state index is -1.05. The SMILES string of the molecule is CCN1C(=O)c2cc(C(=O)NCCc3ccc(CI)cc3)nn2CC1(C)C(=O)NC1CCCC1. The number of halogens is 1. The third-order valence-corrected chi connectivity index (χ3v) is 7.78. The van der Waals surface area contributed by atoms with Gasteiger partial charge in [0.2, 0.25) is 5.91 Å². The van der Waals surface area contributed by atoms with Crippen molar-refractivity contribution in [1.29, 1.82) is 0 Å². The smallest absolute Gasteiger partial charge is 0.273 e. The number of hydrogen-bond acceptors (Lipinski definition) is 4. The first-order valence-electron chi connectivity index (χ1n) is 12.0. The van der Waals surface area contributed by atoms with Crippen molar-refractivity contribution in [3.63, 3.8) is 0 Å². The summed E-state index contributed by atoms with van der Waals surface area (Å²) in [6, 6.07) is 10.0. The highest BCUT2D eigenvalue weighted by atomic mass is 127. The van der Waals surface area contributed by atoms with E-state index in [0.717, 1.165) is 35.7 Å². The van der Waals surface area contributed by atoms with Crippen LogP contribution in [0.15, 0.2) is 30.3 Å². The predicted octanol–water partition coefficient (Wildman–Crippen LogP) is 3.08. The van der Waals surface area contributed by atoms with Crippen molar-refractivity contribution in [3.05, 3.63) is 52.8 Å². The van der Waals surface area contributed by atoms with Crippen molar-refractivity contribution < 1.29 is 14.4 Å². The van der Waals surface area contributed by atoms with Gasteiger partial charge in [-0.15, -0.1) is 0 Å². The van der Waals surface area contributed by atoms with Gasteiger partial charge in [0.25, 0.3) is 11.8 Å². The van der Waals surface area contributed by atoms with Crippen LogP contribution in [0.2, 0.25) is 0 Å². The molecule has 1 unspecified atom stereocenters. The number of benzene rings is 1. The molecule has 1 aliphatic heterocycles. The fourth-order valence-corrected chi connectivity index (χ4v) is 5.37. The lowest BCUT2D eigenvalue weighted by Crippen LogP contribution is -2.64. The van der Waals surface area contributed by atoms with Crippen LogP contribution in [-0.2, 0) is 22.2 Å². The van der Waals surface area contributed by atoms with Crippen LogP contribution in [-0.4, -0.2) is 57.1 Å². The van der Waals surface area contributed by atoms with Crippen LogP contribution in [0.1, 0.15) is 71.6 Å². The molecular formula is C25H32IN5O3. The summed E-state index contributed by atoms with van der Waals surface area (Å²) in [6.45, 7) is 4.74. The summed E-state index contributed by atoms with van der Waals surface area (Å²) in [4.78, 5) is 40.8. The molecule has 1 atom stereocenters. The molecule has 3 amide bonds. The molecule has 1 saturated carbocycles. The number of nitrogens with zero attached hydrogens (tertiary/aromatic N) is 3. The number of nitrogens with one attached hydrogen (secondary N) is 2. The molecule has 182 valence electrons. The number of carbonyl (C=O) groups excluding carboxylic acids is 3. The molecule has 0 radical (unpaired) electrons. The van der Waals surface area contributed by atoms with E-state index in [1.165, 1.54) is 16.3 Å². The number of rotatable bonds is 8. The summed E-state index contributed by atoms with van der Waals surface area (Å²) < 4.78 is 2.48. The van der Waals surface area contributed by atoms with Crippen LogP contribution in [0.5, 0.6) is 0 Å². The van der Waals surface area contributed by atoms with E-state index in [1.807, 2.05) is 6.92 Å². The van der Waals surface area contributed by atoms with Gasteiger partial charge in [-0.2, -0.15) is 5.10 Å². The second-order valence-electron chi connectivity index (χ2n) is 9.31. The van der Waals surface area contributed by atoms with E-state index >= 15 is 0 Å². The zero-order valence-electron chi connectivity index (χ0n) is 19.8. The highest BCUT2D eigenvalue weighted by Crippen LogP contribution is 2.28. The molecule has 1 aliphatic carbocycles. The van der Waals surface area contributed by atoms with Gasteiger partial charge in [0, 0.05) is 29.6 Å². The van der Waals surface area contributed by atoms with Gasteiger partial charge in [-0.25, -0.2) is 0 Å². The fourth-order valence-electron chi connectivity index (χ4n) is 4.86. The first-order valence-corrected chi connectivity index (χ1v) is 13.5. The van der Waals surface area contributed by atoms with E-state index in [-0.39, 0.29) is 36.0 Å². The summed E-state index contributed by atoms with van der Waals surface area (Å²) in [6.07, 6.45) is 4.89. The number of amides is 3. The van der Waals surface area contributed by atoms with Gasteiger partial charge in [-0.05, 0) is 44.2 Å². The summed E-state index contributed by atoms with van der Waals surface area (Å²) in [5, 5.41) is 10.4. The Labute approximate surface area is 214 Å². The maximum atomic E-state index is 13.2. The molecule has 1 aromatic carbocycles. The number of carbonyl (C=O) groups is 3. The monoisotopic (exact) mass is 577 g/mol. The maximum absolute atomic E-state index is 13.2. The average Bonchev–Trinajstić information content (AvgIpc) is 3.49. The standard InChI is InChI=1S/C25H32IN5O3/c1-3-30-23(33)21-14-20(22(32)27-13-12-17-8-10-18(15-26)11-9-17)29-31(21)16-25(30,2)24(34)28-19-6-4-5-7-19/h8-11,14,19H,3-7,12-13,15-16H2,1-2H3,(H,27,32)(H,28,34). The quantitative estimate of drug-likeness (QED) is 0.373. The lowest BCUT2D eigenvalue weighted by molar-refractivity contribution is -0.133. The summed E-state index contributed by atoms with van der Waals surface area (Å²) >= 11 is 2.33. The molecule has 0 bridgehead atoms. The van der Waals surface area contributed by atoms with Gasteiger partial charge in [-0.1, -0.05) is 59.7 Å². The Kier molecular flexibility index (Phi) is 7.59. The predicted molar refractivity (Wildman–Crippen MR) is 138 cm³/mol. The fraction of sp³-hybridized carbons (Fsp3) is 0.520. The Morgan fingerprint density at radius 2 is 1.85 bits per heavy atom. The summed E-state index contributed by atoms with van der Waals surface area (Å²) in [5.41, 5.74) is 1.90. The molecule has 2 N–H and O–H groups in total. The van der Waals surface area contributed by atoms with E-state index < -0.39 is 5.54 Å². The van der Waals surface area contributed by atoms with Crippen molar-refractivity contribution >= 4 is 40.3 Å². The molecule has 2 aliphatic rings. The van der Waals surface area contributed by atoms with Crippen molar-refractivity contribution in [3.8, 4) is 0 Å². The molecule has 34 heavy (non-hydrogen) atoms. The minimum absolute atomic E-state index is 0.157. The normalized spacial score (nSPS) is 20.3. The van der Waals surface area contributed by atoms with Crippen LogP contribution < -0.4 is 10.6 Å². The van der Waals surface area contributed by atoms with Gasteiger partial charge < -0.3 is 15.5 Å². The Morgan fingerprint density at radius 3 is 2.50 bits per heavy atom. The molecule has 0 spiro atoms. The van der Waals surface area contributed by atoms with Gasteiger partial charge >= 0.3 is 0 Å². The van der Waals surface area contributed by atoms with Gasteiger partial charge in [-0.3, -0.25) is 19.1 Å². The molecule has 0 saturated heterocycles. The summed E-state index contributed by atoms with van der Waals surface area (Å²) in [5.74, 6) is -0.756. The number of alkyl halides is 1. The first kappa shape index (κ1) is 24.7. The zero-order valence-corrected chi connectivity index (χ0v) is 21.9. The lowest BCUT2D eigenvalue weighted by atomic mass is 9.94. The number of aromatic nitrogens is 2. The Bertz CT molecular complexity index is 1060. The largest absolute Gasteiger partial charge is 0.351 e. The van der Waals surface area contributed by atoms with Gasteiger partial charge in [0.1, 0.15) is 11.2 Å². The van der Waals surface area contributed by atoms with E-state index in [2.05, 4.69) is 62.6 Å². The third-order valence-electron chi connectivity index (χ3n) is 6.90. The number of likely N-dealkylation sites (N-methyl/N-ethyl adjacent to an activating group) is 1. The van der Waals surface area contributed by atoms with Crippen LogP contribution in [0.3, 0.4) is 0 Å². The van der Waals surface area contributed by atoms with E-state index in [1.54, 1.807) is 11.8 Å². The van der Waals surface area contributed by atoms with Crippen LogP contribution in [0.25, 0.3) is 0 Å². The third kappa shape index (κ3) is 4.99. The molecule has 1 fully saturated rings. The molecule has 2 heterocycles. The first-order chi connectivity index (χ1) is 16.4. The van der Waals surface area contributed by atoms with Crippen molar-refractivity contribution in [1.82, 2.24) is 25.3 Å². The Hall–Kier alpha value is -2.43. The molecule has 2 aromatic rings. The average molecular weight is 577 g/mol. The van der Waals surface area contributed by atoms with Gasteiger partial charge in [0.15, 0.2) is 5.69 Å². The van der Waals surface area contributed by atoms with Crippen LogP contribution in [0.4, 0.5) is 0 Å². The molecule has 8 nitrogen and oxygen atoms in total. The lowest BCUT2D eigenvalue weighted by Gasteiger charge is -2.43. The molecular weight excluding hydrogens is 545 g/mol. The number of fused-ring (bicyclic) bond motifs is 1. The van der Waals surface area contributed by atoms with E-state index in [9.17, 15) is 14.4 Å². The van der Waals surface area contributed by atoms with Crippen molar-refractivity contribution in [2.45, 2.75) is 68.5 Å². The second kappa shape index (κ2) is 10.5. The minimum Gasteiger partial charge on any atom is -0.351 e. The van der Waals surface area contributed by atoms with E-state index in [0.29, 0.717) is 25.2 Å². The van der Waals surface area contributed by atoms with Crippen molar-refractivity contribution in [2.75, 3.05) is 13.1 Å². The topological polar surface area (TPSA) is 96.3 Å². The van der Waals surface area contributed by atoms with Crippen LogP contribution >= 0.6 is 22.6 Å². The second-order valence-corrected chi connectivity index (χ2v) is 10.1. The van der Waals surface area contributed by atoms with Crippen molar-refractivity contribution in [2.24, 2.45) is 0 Å².